The molecule has 0 bridgehead atoms. The summed E-state index contributed by atoms with van der Waals surface area (Å²) < 4.78 is 5.37. The standard InChI is InChI=1S/C15H11ClN4O2/c16-12-5-1-4-11(7-12)14-19-20-15(22-14)13(21)18-9-10-3-2-6-17-8-10/h1-8H,9H2,(H,18,21). The van der Waals surface area contributed by atoms with Gasteiger partial charge < -0.3 is 9.73 Å². The molecule has 0 fully saturated rings. The summed E-state index contributed by atoms with van der Waals surface area (Å²) in [5.41, 5.74) is 1.54. The molecule has 0 aliphatic rings. The third-order valence-corrected chi connectivity index (χ3v) is 3.10. The maximum atomic E-state index is 12.0. The van der Waals surface area contributed by atoms with Gasteiger partial charge in [-0.25, -0.2) is 0 Å². The van der Waals surface area contributed by atoms with Crippen molar-refractivity contribution < 1.29 is 9.21 Å². The molecule has 0 atom stereocenters. The minimum absolute atomic E-state index is 0.0983. The summed E-state index contributed by atoms with van der Waals surface area (Å²) in [7, 11) is 0. The number of pyridine rings is 1. The van der Waals surface area contributed by atoms with E-state index < -0.39 is 5.91 Å². The van der Waals surface area contributed by atoms with E-state index in [9.17, 15) is 4.79 Å². The van der Waals surface area contributed by atoms with E-state index in [1.807, 2.05) is 6.07 Å². The summed E-state index contributed by atoms with van der Waals surface area (Å²) in [6.07, 6.45) is 3.34. The number of hydrogen-bond donors (Lipinski definition) is 1. The lowest BCUT2D eigenvalue weighted by atomic mass is 10.2. The molecule has 1 amide bonds. The fourth-order valence-electron chi connectivity index (χ4n) is 1.81. The average Bonchev–Trinajstić information content (AvgIpc) is 3.04. The van der Waals surface area contributed by atoms with Gasteiger partial charge in [0.1, 0.15) is 0 Å². The first-order valence-corrected chi connectivity index (χ1v) is 6.87. The Morgan fingerprint density at radius 1 is 1.23 bits per heavy atom. The number of rotatable bonds is 4. The Bertz CT molecular complexity index is 789. The molecule has 110 valence electrons. The molecule has 0 aliphatic carbocycles. The minimum Gasteiger partial charge on any atom is -0.412 e. The van der Waals surface area contributed by atoms with E-state index in [4.69, 9.17) is 16.0 Å². The first kappa shape index (κ1) is 14.2. The van der Waals surface area contributed by atoms with Crippen LogP contribution in [-0.2, 0) is 6.54 Å². The van der Waals surface area contributed by atoms with Crippen molar-refractivity contribution in [2.45, 2.75) is 6.54 Å². The van der Waals surface area contributed by atoms with E-state index >= 15 is 0 Å². The van der Waals surface area contributed by atoms with Gasteiger partial charge in [-0.05, 0) is 29.8 Å². The number of halogens is 1. The van der Waals surface area contributed by atoms with Crippen LogP contribution in [0.5, 0.6) is 0 Å². The van der Waals surface area contributed by atoms with Crippen molar-refractivity contribution >= 4 is 17.5 Å². The fraction of sp³-hybridized carbons (Fsp3) is 0.0667. The van der Waals surface area contributed by atoms with E-state index in [2.05, 4.69) is 20.5 Å². The van der Waals surface area contributed by atoms with E-state index in [0.717, 1.165) is 5.56 Å². The van der Waals surface area contributed by atoms with Crippen LogP contribution in [0.1, 0.15) is 16.2 Å². The Kier molecular flexibility index (Phi) is 4.11. The lowest BCUT2D eigenvalue weighted by Crippen LogP contribution is -2.23. The number of nitrogens with one attached hydrogen (secondary N) is 1. The fourth-order valence-corrected chi connectivity index (χ4v) is 2.00. The molecular weight excluding hydrogens is 304 g/mol. The molecule has 0 spiro atoms. The Morgan fingerprint density at radius 3 is 2.91 bits per heavy atom. The van der Waals surface area contributed by atoms with E-state index in [0.29, 0.717) is 17.1 Å². The average molecular weight is 315 g/mol. The van der Waals surface area contributed by atoms with E-state index in [1.54, 1.807) is 42.7 Å². The van der Waals surface area contributed by atoms with Gasteiger partial charge in [0.05, 0.1) is 0 Å². The van der Waals surface area contributed by atoms with Crippen LogP contribution >= 0.6 is 11.6 Å². The van der Waals surface area contributed by atoms with E-state index in [1.165, 1.54) is 0 Å². The highest BCUT2D eigenvalue weighted by molar-refractivity contribution is 6.30. The first-order valence-electron chi connectivity index (χ1n) is 6.49. The van der Waals surface area contributed by atoms with Crippen molar-refractivity contribution in [2.75, 3.05) is 0 Å². The molecule has 22 heavy (non-hydrogen) atoms. The number of carbonyl (C=O) groups is 1. The quantitative estimate of drug-likeness (QED) is 0.800. The predicted molar refractivity (Wildman–Crippen MR) is 80.2 cm³/mol. The Hall–Kier alpha value is -2.73. The molecule has 3 aromatic rings. The van der Waals surface area contributed by atoms with Crippen molar-refractivity contribution in [3.05, 3.63) is 65.3 Å². The molecule has 1 aromatic carbocycles. The topological polar surface area (TPSA) is 80.9 Å². The van der Waals surface area contributed by atoms with Crippen LogP contribution in [0.15, 0.2) is 53.2 Å². The van der Waals surface area contributed by atoms with Crippen LogP contribution in [0.4, 0.5) is 0 Å². The van der Waals surface area contributed by atoms with Crippen LogP contribution in [0.3, 0.4) is 0 Å². The van der Waals surface area contributed by atoms with Gasteiger partial charge in [-0.1, -0.05) is 23.7 Å². The number of benzene rings is 1. The molecule has 2 heterocycles. The van der Waals surface area contributed by atoms with Gasteiger partial charge in [0.15, 0.2) is 0 Å². The molecule has 3 rings (SSSR count). The summed E-state index contributed by atoms with van der Waals surface area (Å²) in [5.74, 6) is -0.294. The zero-order valence-electron chi connectivity index (χ0n) is 11.4. The summed E-state index contributed by atoms with van der Waals surface area (Å²) in [5, 5.41) is 10.8. The van der Waals surface area contributed by atoms with Gasteiger partial charge >= 0.3 is 11.8 Å². The normalized spacial score (nSPS) is 10.4. The number of nitrogens with zero attached hydrogens (tertiary/aromatic N) is 3. The number of hydrogen-bond acceptors (Lipinski definition) is 5. The summed E-state index contributed by atoms with van der Waals surface area (Å²) in [6.45, 7) is 0.335. The Morgan fingerprint density at radius 2 is 2.14 bits per heavy atom. The molecule has 6 nitrogen and oxygen atoms in total. The van der Waals surface area contributed by atoms with Crippen LogP contribution in [0.2, 0.25) is 5.02 Å². The van der Waals surface area contributed by atoms with Crippen molar-refractivity contribution in [3.8, 4) is 11.5 Å². The first-order chi connectivity index (χ1) is 10.7. The van der Waals surface area contributed by atoms with Crippen molar-refractivity contribution in [3.63, 3.8) is 0 Å². The molecule has 0 unspecified atom stereocenters. The number of aromatic nitrogens is 3. The Labute approximate surface area is 131 Å². The lowest BCUT2D eigenvalue weighted by Gasteiger charge is -2.01. The number of amides is 1. The van der Waals surface area contributed by atoms with Gasteiger partial charge in [0, 0.05) is 29.5 Å². The van der Waals surface area contributed by atoms with Crippen LogP contribution < -0.4 is 5.32 Å². The van der Waals surface area contributed by atoms with Crippen LogP contribution in [-0.4, -0.2) is 21.1 Å². The maximum absolute atomic E-state index is 12.0. The molecule has 0 saturated carbocycles. The van der Waals surface area contributed by atoms with Gasteiger partial charge in [0.2, 0.25) is 5.89 Å². The molecule has 7 heteroatoms. The van der Waals surface area contributed by atoms with Crippen LogP contribution in [0.25, 0.3) is 11.5 Å². The second-order valence-corrected chi connectivity index (χ2v) is 4.90. The summed E-state index contributed by atoms with van der Waals surface area (Å²) >= 11 is 5.91. The van der Waals surface area contributed by atoms with Crippen molar-refractivity contribution in [1.29, 1.82) is 0 Å². The molecule has 0 aliphatic heterocycles. The molecule has 1 N–H and O–H groups in total. The summed E-state index contributed by atoms with van der Waals surface area (Å²) in [6, 6.07) is 10.6. The highest BCUT2D eigenvalue weighted by atomic mass is 35.5. The summed E-state index contributed by atoms with van der Waals surface area (Å²) in [4.78, 5) is 15.9. The van der Waals surface area contributed by atoms with E-state index in [-0.39, 0.29) is 11.8 Å². The second-order valence-electron chi connectivity index (χ2n) is 4.47. The highest BCUT2D eigenvalue weighted by Crippen LogP contribution is 2.21. The zero-order valence-corrected chi connectivity index (χ0v) is 12.1. The second kappa shape index (κ2) is 6.36. The van der Waals surface area contributed by atoms with Gasteiger partial charge in [0.25, 0.3) is 0 Å². The van der Waals surface area contributed by atoms with Gasteiger partial charge in [-0.2, -0.15) is 0 Å². The third-order valence-electron chi connectivity index (χ3n) is 2.87. The smallest absolute Gasteiger partial charge is 0.309 e. The van der Waals surface area contributed by atoms with Gasteiger partial charge in [-0.3, -0.25) is 9.78 Å². The SMILES string of the molecule is O=C(NCc1cccnc1)c1nnc(-c2cccc(Cl)c2)o1. The number of carbonyl (C=O) groups excluding carboxylic acids is 1. The molecular formula is C15H11ClN4O2. The zero-order chi connectivity index (χ0) is 15.4. The predicted octanol–water partition coefficient (Wildman–Crippen LogP) is 2.72. The van der Waals surface area contributed by atoms with Crippen molar-refractivity contribution in [2.24, 2.45) is 0 Å². The molecule has 0 radical (unpaired) electrons. The monoisotopic (exact) mass is 314 g/mol. The third kappa shape index (κ3) is 3.29. The molecule has 0 saturated heterocycles. The van der Waals surface area contributed by atoms with Crippen molar-refractivity contribution in [1.82, 2.24) is 20.5 Å². The maximum Gasteiger partial charge on any atom is 0.309 e. The largest absolute Gasteiger partial charge is 0.412 e. The Balaban J connectivity index is 1.69. The van der Waals surface area contributed by atoms with Crippen LogP contribution in [0, 0.1) is 0 Å². The van der Waals surface area contributed by atoms with Gasteiger partial charge in [-0.15, -0.1) is 10.2 Å². The lowest BCUT2D eigenvalue weighted by molar-refractivity contribution is 0.0917. The molecule has 2 aromatic heterocycles. The minimum atomic E-state index is -0.440. The highest BCUT2D eigenvalue weighted by Gasteiger charge is 2.15.